The standard InChI is InChI=1S/C17H24Cl2N4/c1-4-14(17-16(19)11-22-23(17)3)15(18)8-12(2)9-21-13-6-5-7-20-10-13/h4,8,11,13,20-21H,1,5-7,9-10H2,2-3H3/b12-8+,15-14-. The molecule has 0 radical (unpaired) electrons. The molecule has 6 heteroatoms. The lowest BCUT2D eigenvalue weighted by Crippen LogP contribution is -2.43. The van der Waals surface area contributed by atoms with Gasteiger partial charge in [0.1, 0.15) is 0 Å². The highest BCUT2D eigenvalue weighted by Gasteiger charge is 2.14. The Morgan fingerprint density at radius 2 is 2.39 bits per heavy atom. The van der Waals surface area contributed by atoms with Gasteiger partial charge >= 0.3 is 0 Å². The van der Waals surface area contributed by atoms with Crippen molar-refractivity contribution in [3.8, 4) is 0 Å². The van der Waals surface area contributed by atoms with Crippen molar-refractivity contribution in [2.75, 3.05) is 19.6 Å². The van der Waals surface area contributed by atoms with Crippen molar-refractivity contribution in [3.05, 3.63) is 46.2 Å². The van der Waals surface area contributed by atoms with Crippen LogP contribution in [0.4, 0.5) is 0 Å². The summed E-state index contributed by atoms with van der Waals surface area (Å²) in [5, 5.41) is 12.3. The smallest absolute Gasteiger partial charge is 0.0880 e. The first kappa shape index (κ1) is 18.3. The molecule has 1 saturated heterocycles. The van der Waals surface area contributed by atoms with Crippen molar-refractivity contribution >= 4 is 28.8 Å². The summed E-state index contributed by atoms with van der Waals surface area (Å²) in [7, 11) is 1.84. The van der Waals surface area contributed by atoms with E-state index in [1.165, 1.54) is 18.4 Å². The van der Waals surface area contributed by atoms with Crippen LogP contribution in [0.2, 0.25) is 5.02 Å². The molecule has 1 unspecified atom stereocenters. The highest BCUT2D eigenvalue weighted by molar-refractivity contribution is 6.36. The van der Waals surface area contributed by atoms with Gasteiger partial charge in [0.05, 0.1) is 16.9 Å². The minimum Gasteiger partial charge on any atom is -0.315 e. The van der Waals surface area contributed by atoms with Crippen LogP contribution in [0.3, 0.4) is 0 Å². The predicted octanol–water partition coefficient (Wildman–Crippen LogP) is 3.50. The first-order valence-corrected chi connectivity index (χ1v) is 8.60. The lowest BCUT2D eigenvalue weighted by molar-refractivity contribution is 0.400. The third-order valence-electron chi connectivity index (χ3n) is 3.95. The van der Waals surface area contributed by atoms with Gasteiger partial charge < -0.3 is 10.6 Å². The molecule has 4 nitrogen and oxygen atoms in total. The van der Waals surface area contributed by atoms with E-state index < -0.39 is 0 Å². The van der Waals surface area contributed by atoms with Gasteiger partial charge in [0, 0.05) is 36.8 Å². The molecule has 0 aliphatic carbocycles. The summed E-state index contributed by atoms with van der Waals surface area (Å²) in [6, 6.07) is 0.528. The van der Waals surface area contributed by atoms with Crippen LogP contribution in [0.25, 0.3) is 5.57 Å². The molecule has 0 saturated carbocycles. The van der Waals surface area contributed by atoms with E-state index in [0.29, 0.717) is 16.1 Å². The zero-order valence-corrected chi connectivity index (χ0v) is 15.2. The van der Waals surface area contributed by atoms with E-state index in [-0.39, 0.29) is 0 Å². The van der Waals surface area contributed by atoms with Gasteiger partial charge in [-0.3, -0.25) is 4.68 Å². The quantitative estimate of drug-likeness (QED) is 0.768. The number of halogens is 2. The number of aryl methyl sites for hydroxylation is 1. The second kappa shape index (κ2) is 8.69. The fraction of sp³-hybridized carbons (Fsp3) is 0.471. The maximum atomic E-state index is 6.49. The number of nitrogens with one attached hydrogen (secondary N) is 2. The molecule has 2 N–H and O–H groups in total. The molecule has 2 rings (SSSR count). The van der Waals surface area contributed by atoms with Crippen molar-refractivity contribution in [1.29, 1.82) is 0 Å². The summed E-state index contributed by atoms with van der Waals surface area (Å²) in [5.41, 5.74) is 2.73. The first-order valence-electron chi connectivity index (χ1n) is 7.84. The lowest BCUT2D eigenvalue weighted by atomic mass is 10.1. The van der Waals surface area contributed by atoms with Crippen LogP contribution in [0.15, 0.2) is 35.5 Å². The molecule has 0 spiro atoms. The molecule has 1 atom stereocenters. The maximum absolute atomic E-state index is 6.49. The van der Waals surface area contributed by atoms with E-state index >= 15 is 0 Å². The Kier molecular flexibility index (Phi) is 6.90. The van der Waals surface area contributed by atoms with Crippen molar-refractivity contribution in [2.45, 2.75) is 25.8 Å². The number of hydrogen-bond donors (Lipinski definition) is 2. The zero-order chi connectivity index (χ0) is 16.8. The summed E-state index contributed by atoms with van der Waals surface area (Å²) in [6.45, 7) is 8.88. The van der Waals surface area contributed by atoms with Gasteiger partial charge in [0.2, 0.25) is 0 Å². The molecule has 0 bridgehead atoms. The third kappa shape index (κ3) is 4.95. The topological polar surface area (TPSA) is 41.9 Å². The van der Waals surface area contributed by atoms with Gasteiger partial charge in [-0.05, 0) is 32.4 Å². The van der Waals surface area contributed by atoms with Crippen LogP contribution in [-0.2, 0) is 7.05 Å². The van der Waals surface area contributed by atoms with Gasteiger partial charge in [-0.15, -0.1) is 0 Å². The number of nitrogens with zero attached hydrogens (tertiary/aromatic N) is 2. The monoisotopic (exact) mass is 354 g/mol. The van der Waals surface area contributed by atoms with E-state index in [4.69, 9.17) is 23.2 Å². The number of rotatable bonds is 6. The molecular weight excluding hydrogens is 331 g/mol. The van der Waals surface area contributed by atoms with Gasteiger partial charge in [-0.25, -0.2) is 0 Å². The largest absolute Gasteiger partial charge is 0.315 e. The van der Waals surface area contributed by atoms with Crippen molar-refractivity contribution < 1.29 is 0 Å². The van der Waals surface area contributed by atoms with Crippen molar-refractivity contribution in [1.82, 2.24) is 20.4 Å². The molecule has 1 fully saturated rings. The van der Waals surface area contributed by atoms with Gasteiger partial charge in [0.15, 0.2) is 0 Å². The molecule has 2 heterocycles. The van der Waals surface area contributed by atoms with Gasteiger partial charge in [-0.2, -0.15) is 5.10 Å². The van der Waals surface area contributed by atoms with E-state index in [9.17, 15) is 0 Å². The number of aromatic nitrogens is 2. The molecule has 1 aromatic rings. The fourth-order valence-corrected chi connectivity index (χ4v) is 3.32. The Morgan fingerprint density at radius 3 is 2.96 bits per heavy atom. The van der Waals surface area contributed by atoms with Crippen LogP contribution in [0.5, 0.6) is 0 Å². The number of piperidine rings is 1. The summed E-state index contributed by atoms with van der Waals surface area (Å²) < 4.78 is 1.71. The maximum Gasteiger partial charge on any atom is 0.0880 e. The SMILES string of the molecule is C=C/C(=C(Cl)\C=C(/C)CNC1CCCNC1)c1c(Cl)cnn1C. The fourth-order valence-electron chi connectivity index (χ4n) is 2.70. The second-order valence-electron chi connectivity index (χ2n) is 5.85. The van der Waals surface area contributed by atoms with E-state index in [2.05, 4.69) is 29.2 Å². The number of allylic oxidation sites excluding steroid dienone is 4. The first-order chi connectivity index (χ1) is 11.0. The third-order valence-corrected chi connectivity index (χ3v) is 4.54. The van der Waals surface area contributed by atoms with E-state index in [1.807, 2.05) is 13.1 Å². The number of hydrogen-bond acceptors (Lipinski definition) is 3. The average molecular weight is 355 g/mol. The molecule has 1 aliphatic rings. The normalized spacial score (nSPS) is 20.3. The van der Waals surface area contributed by atoms with Crippen molar-refractivity contribution in [2.24, 2.45) is 7.05 Å². The van der Waals surface area contributed by atoms with Crippen LogP contribution in [0.1, 0.15) is 25.5 Å². The Labute approximate surface area is 148 Å². The van der Waals surface area contributed by atoms with Gasteiger partial charge in [0.25, 0.3) is 0 Å². The summed E-state index contributed by atoms with van der Waals surface area (Å²) in [6.07, 6.45) is 7.73. The summed E-state index contributed by atoms with van der Waals surface area (Å²) >= 11 is 12.7. The Balaban J connectivity index is 2.09. The van der Waals surface area contributed by atoms with Crippen LogP contribution < -0.4 is 10.6 Å². The molecular formula is C17H24Cl2N4. The highest BCUT2D eigenvalue weighted by atomic mass is 35.5. The van der Waals surface area contributed by atoms with Gasteiger partial charge in [-0.1, -0.05) is 41.4 Å². The molecule has 1 aliphatic heterocycles. The molecule has 0 amide bonds. The molecule has 0 aromatic carbocycles. The van der Waals surface area contributed by atoms with Crippen LogP contribution >= 0.6 is 23.2 Å². The Morgan fingerprint density at radius 1 is 1.61 bits per heavy atom. The summed E-state index contributed by atoms with van der Waals surface area (Å²) in [5.74, 6) is 0. The zero-order valence-electron chi connectivity index (χ0n) is 13.7. The minimum atomic E-state index is 0.528. The van der Waals surface area contributed by atoms with Crippen LogP contribution in [0, 0.1) is 0 Å². The lowest BCUT2D eigenvalue weighted by Gasteiger charge is -2.24. The molecule has 126 valence electrons. The van der Waals surface area contributed by atoms with Crippen LogP contribution in [-0.4, -0.2) is 35.5 Å². The summed E-state index contributed by atoms with van der Waals surface area (Å²) in [4.78, 5) is 0. The van der Waals surface area contributed by atoms with Crippen molar-refractivity contribution in [3.63, 3.8) is 0 Å². The Hall–Kier alpha value is -1.07. The molecule has 1 aromatic heterocycles. The molecule has 23 heavy (non-hydrogen) atoms. The highest BCUT2D eigenvalue weighted by Crippen LogP contribution is 2.29. The Bertz CT molecular complexity index is 591. The second-order valence-corrected chi connectivity index (χ2v) is 6.66. The van der Waals surface area contributed by atoms with E-state index in [1.54, 1.807) is 17.0 Å². The minimum absolute atomic E-state index is 0.528. The van der Waals surface area contributed by atoms with E-state index in [0.717, 1.165) is 30.9 Å². The predicted molar refractivity (Wildman–Crippen MR) is 98.8 cm³/mol. The average Bonchev–Trinajstić information content (AvgIpc) is 2.87.